The highest BCUT2D eigenvalue weighted by Crippen LogP contribution is 2.18. The zero-order valence-corrected chi connectivity index (χ0v) is 13.2. The summed E-state index contributed by atoms with van der Waals surface area (Å²) in [5, 5.41) is 0. The Balaban J connectivity index is 4.04. The molecule has 0 aromatic rings. The van der Waals surface area contributed by atoms with Crippen molar-refractivity contribution in [3.05, 3.63) is 12.2 Å². The van der Waals surface area contributed by atoms with Crippen LogP contribution >= 0.6 is 0 Å². The van der Waals surface area contributed by atoms with E-state index in [4.69, 9.17) is 13.6 Å². The molecule has 0 heterocycles. The van der Waals surface area contributed by atoms with E-state index in [9.17, 15) is 4.79 Å². The average Bonchev–Trinajstić information content (AvgIpc) is 2.23. The summed E-state index contributed by atoms with van der Waals surface area (Å²) in [5.41, 5.74) is 0.429. The van der Waals surface area contributed by atoms with E-state index in [1.165, 1.54) is 0 Å². The van der Waals surface area contributed by atoms with E-state index < -0.39 is 8.56 Å². The monoisotopic (exact) mass is 274 g/mol. The van der Waals surface area contributed by atoms with Gasteiger partial charge in [-0.3, -0.25) is 0 Å². The maximum absolute atomic E-state index is 11.2. The van der Waals surface area contributed by atoms with Crippen LogP contribution in [0.2, 0.25) is 12.6 Å². The van der Waals surface area contributed by atoms with Crippen molar-refractivity contribution in [3.8, 4) is 0 Å². The molecule has 0 aliphatic rings. The maximum atomic E-state index is 11.2. The van der Waals surface area contributed by atoms with E-state index >= 15 is 0 Å². The molecular formula is C13H26O4Si. The molecule has 1 atom stereocenters. The average molecular weight is 274 g/mol. The lowest BCUT2D eigenvalue weighted by Gasteiger charge is -2.28. The van der Waals surface area contributed by atoms with Crippen molar-refractivity contribution in [3.63, 3.8) is 0 Å². The molecule has 0 aromatic heterocycles. The summed E-state index contributed by atoms with van der Waals surface area (Å²) in [5.74, 6) is -0.334. The van der Waals surface area contributed by atoms with Gasteiger partial charge in [0.2, 0.25) is 0 Å². The summed E-state index contributed by atoms with van der Waals surface area (Å²) in [6.45, 7) is 14.3. The molecule has 0 saturated carbocycles. The maximum Gasteiger partial charge on any atom is 0.335 e. The third-order valence-electron chi connectivity index (χ3n) is 2.29. The molecule has 1 unspecified atom stereocenters. The van der Waals surface area contributed by atoms with Gasteiger partial charge in [-0.2, -0.15) is 0 Å². The van der Waals surface area contributed by atoms with Gasteiger partial charge in [-0.15, -0.1) is 0 Å². The zero-order valence-electron chi connectivity index (χ0n) is 12.2. The van der Waals surface area contributed by atoms with Crippen LogP contribution in [0.1, 0.15) is 34.1 Å². The first kappa shape index (κ1) is 17.3. The summed E-state index contributed by atoms with van der Waals surface area (Å²) < 4.78 is 16.7. The van der Waals surface area contributed by atoms with Crippen LogP contribution in [0.4, 0.5) is 0 Å². The fourth-order valence-electron chi connectivity index (χ4n) is 1.65. The number of hydrogen-bond acceptors (Lipinski definition) is 4. The molecule has 18 heavy (non-hydrogen) atoms. The quantitative estimate of drug-likeness (QED) is 0.280. The van der Waals surface area contributed by atoms with Gasteiger partial charge in [-0.05, 0) is 46.7 Å². The molecule has 0 aliphatic carbocycles. The van der Waals surface area contributed by atoms with Crippen molar-refractivity contribution in [2.24, 2.45) is 0 Å². The van der Waals surface area contributed by atoms with Gasteiger partial charge in [0, 0.05) is 18.3 Å². The van der Waals surface area contributed by atoms with Crippen molar-refractivity contribution in [1.82, 2.24) is 0 Å². The normalized spacial score (nSPS) is 14.3. The Morgan fingerprint density at radius 3 is 2.44 bits per heavy atom. The number of carbonyl (C=O) groups is 1. The Hall–Kier alpha value is -0.653. The SMILES string of the molecule is C=C(C)C(=O)OCCC[Si](C)(OCC)OC(C)C. The van der Waals surface area contributed by atoms with E-state index in [-0.39, 0.29) is 12.1 Å². The van der Waals surface area contributed by atoms with Crippen LogP contribution in [0.15, 0.2) is 12.2 Å². The zero-order chi connectivity index (χ0) is 14.2. The highest BCUT2D eigenvalue weighted by atomic mass is 28.4. The molecule has 0 spiro atoms. The molecule has 0 rings (SSSR count). The van der Waals surface area contributed by atoms with Crippen molar-refractivity contribution in [2.45, 2.75) is 52.8 Å². The van der Waals surface area contributed by atoms with E-state index in [1.54, 1.807) is 6.92 Å². The molecule has 0 fully saturated rings. The van der Waals surface area contributed by atoms with Crippen LogP contribution < -0.4 is 0 Å². The van der Waals surface area contributed by atoms with Crippen LogP contribution in [0.25, 0.3) is 0 Å². The Morgan fingerprint density at radius 2 is 2.00 bits per heavy atom. The van der Waals surface area contributed by atoms with Crippen LogP contribution in [-0.2, 0) is 18.4 Å². The van der Waals surface area contributed by atoms with Crippen LogP contribution in [0.3, 0.4) is 0 Å². The van der Waals surface area contributed by atoms with E-state index in [0.29, 0.717) is 18.8 Å². The smallest absolute Gasteiger partial charge is 0.335 e. The van der Waals surface area contributed by atoms with E-state index in [1.807, 2.05) is 20.8 Å². The minimum atomic E-state index is -2.13. The first-order chi connectivity index (χ1) is 8.30. The van der Waals surface area contributed by atoms with Gasteiger partial charge in [-0.1, -0.05) is 6.58 Å². The lowest BCUT2D eigenvalue weighted by molar-refractivity contribution is -0.138. The van der Waals surface area contributed by atoms with Crippen molar-refractivity contribution in [2.75, 3.05) is 13.2 Å². The molecule has 0 bridgehead atoms. The largest absolute Gasteiger partial charge is 0.462 e. The summed E-state index contributed by atoms with van der Waals surface area (Å²) in [4.78, 5) is 11.2. The summed E-state index contributed by atoms with van der Waals surface area (Å²) >= 11 is 0. The number of ether oxygens (including phenoxy) is 1. The summed E-state index contributed by atoms with van der Waals surface area (Å²) in [6.07, 6.45) is 0.917. The Morgan fingerprint density at radius 1 is 1.39 bits per heavy atom. The van der Waals surface area contributed by atoms with Crippen LogP contribution in [-0.4, -0.2) is 33.8 Å². The van der Waals surface area contributed by atoms with Gasteiger partial charge >= 0.3 is 14.5 Å². The Labute approximate surface area is 112 Å². The molecule has 4 nitrogen and oxygen atoms in total. The topological polar surface area (TPSA) is 44.8 Å². The van der Waals surface area contributed by atoms with E-state index in [0.717, 1.165) is 12.5 Å². The number of hydrogen-bond donors (Lipinski definition) is 0. The second kappa shape index (κ2) is 8.45. The second-order valence-electron chi connectivity index (χ2n) is 4.75. The van der Waals surface area contributed by atoms with Gasteiger partial charge in [-0.25, -0.2) is 4.79 Å². The molecule has 0 aromatic carbocycles. The molecule has 0 amide bonds. The number of esters is 1. The fourth-order valence-corrected chi connectivity index (χ4v) is 4.38. The van der Waals surface area contributed by atoms with E-state index in [2.05, 4.69) is 13.1 Å². The standard InChI is InChI=1S/C13H26O4Si/c1-7-16-18(6,17-12(4)5)10-8-9-15-13(14)11(2)3/h12H,2,7-10H2,1,3-6H3. The lowest BCUT2D eigenvalue weighted by atomic mass is 10.4. The van der Waals surface area contributed by atoms with Gasteiger partial charge in [0.15, 0.2) is 0 Å². The van der Waals surface area contributed by atoms with Crippen LogP contribution in [0.5, 0.6) is 0 Å². The molecule has 0 aliphatic heterocycles. The third kappa shape index (κ3) is 7.63. The predicted octanol–water partition coefficient (Wildman–Crippen LogP) is 3.03. The lowest BCUT2D eigenvalue weighted by Crippen LogP contribution is -2.41. The van der Waals surface area contributed by atoms with Gasteiger partial charge < -0.3 is 13.6 Å². The molecule has 0 N–H and O–H groups in total. The molecule has 0 saturated heterocycles. The third-order valence-corrected chi connectivity index (χ3v) is 5.42. The van der Waals surface area contributed by atoms with Crippen molar-refractivity contribution in [1.29, 1.82) is 0 Å². The van der Waals surface area contributed by atoms with Gasteiger partial charge in [0.25, 0.3) is 0 Å². The first-order valence-corrected chi connectivity index (χ1v) is 8.97. The Bertz CT molecular complexity index is 278. The van der Waals surface area contributed by atoms with Crippen LogP contribution in [0, 0.1) is 0 Å². The van der Waals surface area contributed by atoms with Gasteiger partial charge in [0.1, 0.15) is 0 Å². The summed E-state index contributed by atoms with van der Waals surface area (Å²) in [6, 6.07) is 0.822. The molecule has 106 valence electrons. The fraction of sp³-hybridized carbons (Fsp3) is 0.769. The number of rotatable bonds is 9. The highest BCUT2D eigenvalue weighted by Gasteiger charge is 2.31. The Kier molecular flexibility index (Phi) is 8.14. The highest BCUT2D eigenvalue weighted by molar-refractivity contribution is 6.66. The second-order valence-corrected chi connectivity index (χ2v) is 8.05. The van der Waals surface area contributed by atoms with Crippen molar-refractivity contribution >= 4 is 14.5 Å². The minimum Gasteiger partial charge on any atom is -0.462 e. The first-order valence-electron chi connectivity index (χ1n) is 6.45. The minimum absolute atomic E-state index is 0.159. The molecule has 5 heteroatoms. The molecular weight excluding hydrogens is 248 g/mol. The van der Waals surface area contributed by atoms with Crippen molar-refractivity contribution < 1.29 is 18.4 Å². The summed E-state index contributed by atoms with van der Waals surface area (Å²) in [7, 11) is -2.13. The van der Waals surface area contributed by atoms with Gasteiger partial charge in [0.05, 0.1) is 6.61 Å². The number of carbonyl (C=O) groups excluding carboxylic acids is 1. The predicted molar refractivity (Wildman–Crippen MR) is 74.7 cm³/mol. The molecule has 0 radical (unpaired) electrons.